The molecular weight excluding hydrogens is 342 g/mol. The average Bonchev–Trinajstić information content (AvgIpc) is 2.91. The van der Waals surface area contributed by atoms with Crippen molar-refractivity contribution in [2.24, 2.45) is 0 Å². The second-order valence-electron chi connectivity index (χ2n) is 4.79. The number of anilines is 1. The van der Waals surface area contributed by atoms with Gasteiger partial charge in [-0.3, -0.25) is 20.2 Å². The summed E-state index contributed by atoms with van der Waals surface area (Å²) in [5, 5.41) is 17.0. The second kappa shape index (κ2) is 7.09. The number of nitrogens with zero attached hydrogens (tertiary/aromatic N) is 2. The van der Waals surface area contributed by atoms with Crippen LogP contribution in [0.5, 0.6) is 0 Å². The van der Waals surface area contributed by atoms with Crippen LogP contribution in [0.25, 0.3) is 0 Å². The normalized spacial score (nSPS) is 11.6. The Kier molecular flexibility index (Phi) is 5.14. The summed E-state index contributed by atoms with van der Waals surface area (Å²) in [7, 11) is 0. The van der Waals surface area contributed by atoms with E-state index in [-0.39, 0.29) is 16.5 Å². The highest BCUT2D eigenvalue weighted by Crippen LogP contribution is 2.24. The third kappa shape index (κ3) is 4.07. The van der Waals surface area contributed by atoms with Gasteiger partial charge >= 0.3 is 5.97 Å². The maximum Gasteiger partial charge on any atom is 0.345 e. The van der Waals surface area contributed by atoms with E-state index in [0.717, 1.165) is 12.1 Å². The molecule has 0 aliphatic heterocycles. The van der Waals surface area contributed by atoms with Crippen LogP contribution in [0.1, 0.15) is 23.0 Å². The molecule has 1 unspecified atom stereocenters. The van der Waals surface area contributed by atoms with E-state index in [9.17, 15) is 19.7 Å². The lowest BCUT2D eigenvalue weighted by Crippen LogP contribution is -2.30. The molecule has 9 nitrogen and oxygen atoms in total. The summed E-state index contributed by atoms with van der Waals surface area (Å²) in [6.07, 6.45) is -1.21. The van der Waals surface area contributed by atoms with Crippen LogP contribution >= 0.6 is 11.6 Å². The van der Waals surface area contributed by atoms with Gasteiger partial charge in [0.2, 0.25) is 5.88 Å². The zero-order chi connectivity index (χ0) is 17.9. The summed E-state index contributed by atoms with van der Waals surface area (Å²) >= 11 is 5.68. The SMILES string of the molecule is Cc1cc(NC(=O)C(C)OC(=O)c2ccc(Cl)cc2[N+](=O)[O-])on1. The minimum Gasteiger partial charge on any atom is -0.449 e. The first-order valence-corrected chi connectivity index (χ1v) is 7.05. The van der Waals surface area contributed by atoms with Gasteiger partial charge in [0.05, 0.1) is 10.6 Å². The van der Waals surface area contributed by atoms with Crippen molar-refractivity contribution in [1.29, 1.82) is 0 Å². The van der Waals surface area contributed by atoms with Gasteiger partial charge in [0.25, 0.3) is 11.6 Å². The molecule has 1 atom stereocenters. The second-order valence-corrected chi connectivity index (χ2v) is 5.22. The summed E-state index contributed by atoms with van der Waals surface area (Å²) in [5.41, 5.74) is -0.253. The standard InChI is InChI=1S/C14H12ClN3O6/c1-7-5-12(24-17-7)16-13(19)8(2)23-14(20)10-4-3-9(15)6-11(10)18(21)22/h3-6,8H,1-2H3,(H,16,19). The van der Waals surface area contributed by atoms with E-state index in [1.165, 1.54) is 19.1 Å². The van der Waals surface area contributed by atoms with Crippen LogP contribution < -0.4 is 5.32 Å². The Bertz CT molecular complexity index is 804. The lowest BCUT2D eigenvalue weighted by molar-refractivity contribution is -0.385. The van der Waals surface area contributed by atoms with Crippen LogP contribution in [0.3, 0.4) is 0 Å². The number of benzene rings is 1. The maximum atomic E-state index is 12.1. The molecule has 0 radical (unpaired) electrons. The van der Waals surface area contributed by atoms with Crippen molar-refractivity contribution < 1.29 is 23.8 Å². The zero-order valence-corrected chi connectivity index (χ0v) is 13.4. The Morgan fingerprint density at radius 2 is 2.12 bits per heavy atom. The molecule has 0 aliphatic rings. The number of hydrogen-bond acceptors (Lipinski definition) is 7. The number of nitrogens with one attached hydrogen (secondary N) is 1. The number of aryl methyl sites for hydroxylation is 1. The van der Waals surface area contributed by atoms with Crippen LogP contribution in [0.15, 0.2) is 28.8 Å². The van der Waals surface area contributed by atoms with E-state index >= 15 is 0 Å². The van der Waals surface area contributed by atoms with E-state index in [0.29, 0.717) is 5.69 Å². The summed E-state index contributed by atoms with van der Waals surface area (Å²) in [4.78, 5) is 34.2. The molecule has 126 valence electrons. The van der Waals surface area contributed by atoms with E-state index in [4.69, 9.17) is 20.9 Å². The fraction of sp³-hybridized carbons (Fsp3) is 0.214. The minimum atomic E-state index is -1.21. The van der Waals surface area contributed by atoms with Crippen molar-refractivity contribution in [2.75, 3.05) is 5.32 Å². The van der Waals surface area contributed by atoms with Crippen molar-refractivity contribution in [3.05, 3.63) is 50.7 Å². The molecule has 1 heterocycles. The molecule has 1 aromatic heterocycles. The Morgan fingerprint density at radius 1 is 1.42 bits per heavy atom. The molecule has 2 rings (SSSR count). The third-order valence-electron chi connectivity index (χ3n) is 2.90. The molecule has 0 bridgehead atoms. The van der Waals surface area contributed by atoms with Crippen molar-refractivity contribution in [3.63, 3.8) is 0 Å². The van der Waals surface area contributed by atoms with E-state index in [2.05, 4.69) is 10.5 Å². The number of esters is 1. The van der Waals surface area contributed by atoms with Gasteiger partial charge in [-0.05, 0) is 26.0 Å². The van der Waals surface area contributed by atoms with E-state index in [1.807, 2.05) is 0 Å². The average molecular weight is 354 g/mol. The summed E-state index contributed by atoms with van der Waals surface area (Å²) in [5.74, 6) is -1.59. The Labute approximate surface area is 140 Å². The number of amides is 1. The number of carbonyl (C=O) groups excluding carboxylic acids is 2. The Morgan fingerprint density at radius 3 is 2.71 bits per heavy atom. The third-order valence-corrected chi connectivity index (χ3v) is 3.14. The number of nitro groups is 1. The molecule has 0 saturated heterocycles. The monoisotopic (exact) mass is 353 g/mol. The summed E-state index contributed by atoms with van der Waals surface area (Å²) in [6.45, 7) is 2.99. The number of ether oxygens (including phenoxy) is 1. The number of rotatable bonds is 5. The van der Waals surface area contributed by atoms with Gasteiger partial charge in [0, 0.05) is 17.2 Å². The lowest BCUT2D eigenvalue weighted by Gasteiger charge is -2.12. The fourth-order valence-corrected chi connectivity index (χ4v) is 1.92. The smallest absolute Gasteiger partial charge is 0.345 e. The molecule has 0 aliphatic carbocycles. The molecular formula is C14H12ClN3O6. The quantitative estimate of drug-likeness (QED) is 0.497. The largest absolute Gasteiger partial charge is 0.449 e. The van der Waals surface area contributed by atoms with Crippen LogP contribution in [0.4, 0.5) is 11.6 Å². The van der Waals surface area contributed by atoms with Crippen molar-refractivity contribution in [1.82, 2.24) is 5.16 Å². The molecule has 0 spiro atoms. The molecule has 1 amide bonds. The fourth-order valence-electron chi connectivity index (χ4n) is 1.75. The van der Waals surface area contributed by atoms with Crippen LogP contribution in [-0.4, -0.2) is 28.1 Å². The van der Waals surface area contributed by atoms with Crippen molar-refractivity contribution in [3.8, 4) is 0 Å². The Hall–Kier alpha value is -2.94. The van der Waals surface area contributed by atoms with Crippen LogP contribution in [-0.2, 0) is 9.53 Å². The predicted octanol–water partition coefficient (Wildman–Crippen LogP) is 2.73. The first kappa shape index (κ1) is 17.4. The van der Waals surface area contributed by atoms with Gasteiger partial charge < -0.3 is 9.26 Å². The number of aromatic nitrogens is 1. The van der Waals surface area contributed by atoms with Gasteiger partial charge in [0.15, 0.2) is 6.10 Å². The highest BCUT2D eigenvalue weighted by Gasteiger charge is 2.26. The molecule has 1 aromatic carbocycles. The minimum absolute atomic E-state index is 0.0953. The van der Waals surface area contributed by atoms with Gasteiger partial charge in [-0.25, -0.2) is 4.79 Å². The van der Waals surface area contributed by atoms with Gasteiger partial charge in [-0.2, -0.15) is 0 Å². The summed E-state index contributed by atoms with van der Waals surface area (Å²) < 4.78 is 9.76. The topological polar surface area (TPSA) is 125 Å². The lowest BCUT2D eigenvalue weighted by atomic mass is 10.2. The molecule has 2 aromatic rings. The molecule has 1 N–H and O–H groups in total. The van der Waals surface area contributed by atoms with E-state index < -0.39 is 28.6 Å². The molecule has 10 heteroatoms. The van der Waals surface area contributed by atoms with Crippen LogP contribution in [0, 0.1) is 17.0 Å². The first-order chi connectivity index (χ1) is 11.3. The van der Waals surface area contributed by atoms with Crippen LogP contribution in [0.2, 0.25) is 5.02 Å². The zero-order valence-electron chi connectivity index (χ0n) is 12.6. The molecule has 0 saturated carbocycles. The Balaban J connectivity index is 2.08. The predicted molar refractivity (Wildman–Crippen MR) is 82.9 cm³/mol. The maximum absolute atomic E-state index is 12.1. The number of nitro benzene ring substituents is 1. The highest BCUT2D eigenvalue weighted by atomic mass is 35.5. The number of hydrogen-bond donors (Lipinski definition) is 1. The summed E-state index contributed by atoms with van der Waals surface area (Å²) in [6, 6.07) is 4.98. The molecule has 24 heavy (non-hydrogen) atoms. The number of halogens is 1. The van der Waals surface area contributed by atoms with Gasteiger partial charge in [0.1, 0.15) is 5.56 Å². The van der Waals surface area contributed by atoms with Crippen molar-refractivity contribution >= 4 is 35.0 Å². The number of carbonyl (C=O) groups is 2. The van der Waals surface area contributed by atoms with Gasteiger partial charge in [-0.15, -0.1) is 0 Å². The van der Waals surface area contributed by atoms with E-state index in [1.54, 1.807) is 6.92 Å². The van der Waals surface area contributed by atoms with Gasteiger partial charge in [-0.1, -0.05) is 16.8 Å². The highest BCUT2D eigenvalue weighted by molar-refractivity contribution is 6.31. The first-order valence-electron chi connectivity index (χ1n) is 6.67. The van der Waals surface area contributed by atoms with Crippen molar-refractivity contribution in [2.45, 2.75) is 20.0 Å². The molecule has 0 fully saturated rings.